The van der Waals surface area contributed by atoms with Crippen LogP contribution in [0.5, 0.6) is 0 Å². The second-order valence-corrected chi connectivity index (χ2v) is 7.07. The van der Waals surface area contributed by atoms with Crippen LogP contribution in [-0.4, -0.2) is 22.2 Å². The van der Waals surface area contributed by atoms with Gasteiger partial charge in [0.2, 0.25) is 0 Å². The molecule has 0 radical (unpaired) electrons. The minimum Gasteiger partial charge on any atom is -0.481 e. The predicted molar refractivity (Wildman–Crippen MR) is 99.0 cm³/mol. The van der Waals surface area contributed by atoms with Crippen molar-refractivity contribution in [1.82, 2.24) is 0 Å². The van der Waals surface area contributed by atoms with Crippen molar-refractivity contribution < 1.29 is 19.8 Å². The molecular formula is C22H22O4. The van der Waals surface area contributed by atoms with E-state index < -0.39 is 22.8 Å². The van der Waals surface area contributed by atoms with Gasteiger partial charge >= 0.3 is 11.9 Å². The number of aliphatic carboxylic acids is 2. The van der Waals surface area contributed by atoms with Crippen molar-refractivity contribution in [3.05, 3.63) is 83.4 Å². The molecular weight excluding hydrogens is 328 g/mol. The van der Waals surface area contributed by atoms with Crippen LogP contribution in [0.3, 0.4) is 0 Å². The van der Waals surface area contributed by atoms with Crippen LogP contribution < -0.4 is 0 Å². The number of carboxylic acid groups (broad SMARTS) is 2. The smallest absolute Gasteiger partial charge is 0.314 e. The number of hydrogen-bond donors (Lipinski definition) is 2. The zero-order chi connectivity index (χ0) is 18.8. The summed E-state index contributed by atoms with van der Waals surface area (Å²) in [5.74, 6) is -1.96. The first-order chi connectivity index (χ1) is 12.4. The number of rotatable bonds is 5. The first kappa shape index (κ1) is 17.9. The third-order valence-corrected chi connectivity index (χ3v) is 5.61. The lowest BCUT2D eigenvalue weighted by Crippen LogP contribution is -2.49. The van der Waals surface area contributed by atoms with Crippen LogP contribution in [0.2, 0.25) is 0 Å². The molecule has 3 rings (SSSR count). The first-order valence-corrected chi connectivity index (χ1v) is 8.64. The fraction of sp³-hybridized carbons (Fsp3) is 0.273. The van der Waals surface area contributed by atoms with Gasteiger partial charge < -0.3 is 10.2 Å². The van der Waals surface area contributed by atoms with Gasteiger partial charge in [0, 0.05) is 0 Å². The number of benzene rings is 2. The number of carboxylic acids is 2. The second-order valence-electron chi connectivity index (χ2n) is 7.07. The van der Waals surface area contributed by atoms with Crippen LogP contribution in [0.1, 0.15) is 30.9 Å². The van der Waals surface area contributed by atoms with Crippen LogP contribution in [-0.2, 0) is 21.4 Å². The summed E-state index contributed by atoms with van der Waals surface area (Å²) >= 11 is 0. The van der Waals surface area contributed by atoms with Gasteiger partial charge in [0.05, 0.1) is 10.8 Å². The fourth-order valence-electron chi connectivity index (χ4n) is 3.98. The molecule has 0 amide bonds. The van der Waals surface area contributed by atoms with Crippen molar-refractivity contribution in [3.63, 3.8) is 0 Å². The van der Waals surface area contributed by atoms with E-state index in [1.54, 1.807) is 37.3 Å². The molecule has 0 heterocycles. The van der Waals surface area contributed by atoms with Crippen molar-refractivity contribution in [2.75, 3.05) is 0 Å². The predicted octanol–water partition coefficient (Wildman–Crippen LogP) is 4.06. The molecule has 2 aromatic rings. The maximum absolute atomic E-state index is 12.4. The molecule has 0 spiro atoms. The van der Waals surface area contributed by atoms with Crippen LogP contribution >= 0.6 is 0 Å². The van der Waals surface area contributed by atoms with E-state index >= 15 is 0 Å². The van der Waals surface area contributed by atoms with Gasteiger partial charge in [-0.1, -0.05) is 72.3 Å². The average molecular weight is 350 g/mol. The molecule has 0 aromatic heterocycles. The highest BCUT2D eigenvalue weighted by Crippen LogP contribution is 2.50. The Morgan fingerprint density at radius 1 is 0.923 bits per heavy atom. The lowest BCUT2D eigenvalue weighted by atomic mass is 9.58. The molecule has 0 saturated heterocycles. The van der Waals surface area contributed by atoms with Crippen LogP contribution in [0.15, 0.2) is 72.3 Å². The van der Waals surface area contributed by atoms with Crippen LogP contribution in [0.4, 0.5) is 0 Å². The van der Waals surface area contributed by atoms with Gasteiger partial charge in [-0.25, -0.2) is 0 Å². The molecule has 4 heteroatoms. The largest absolute Gasteiger partial charge is 0.481 e. The Kier molecular flexibility index (Phi) is 4.68. The minimum atomic E-state index is -1.24. The van der Waals surface area contributed by atoms with Gasteiger partial charge in [0.15, 0.2) is 0 Å². The quantitative estimate of drug-likeness (QED) is 0.798. The van der Waals surface area contributed by atoms with Crippen molar-refractivity contribution in [2.45, 2.75) is 31.6 Å². The van der Waals surface area contributed by atoms with Crippen molar-refractivity contribution in [1.29, 1.82) is 0 Å². The lowest BCUT2D eigenvalue weighted by Gasteiger charge is -2.43. The molecule has 0 aliphatic heterocycles. The van der Waals surface area contributed by atoms with Gasteiger partial charge in [0.1, 0.15) is 0 Å². The van der Waals surface area contributed by atoms with Gasteiger partial charge in [-0.15, -0.1) is 0 Å². The van der Waals surface area contributed by atoms with Crippen LogP contribution in [0, 0.1) is 5.41 Å². The Balaban J connectivity index is 2.13. The molecule has 134 valence electrons. The van der Waals surface area contributed by atoms with Gasteiger partial charge in [0.25, 0.3) is 0 Å². The number of carbonyl (C=O) groups is 2. The summed E-state index contributed by atoms with van der Waals surface area (Å²) in [6, 6.07) is 18.4. The highest BCUT2D eigenvalue weighted by atomic mass is 16.4. The highest BCUT2D eigenvalue weighted by Gasteiger charge is 2.54. The zero-order valence-corrected chi connectivity index (χ0v) is 14.7. The third kappa shape index (κ3) is 2.92. The Morgan fingerprint density at radius 2 is 1.50 bits per heavy atom. The summed E-state index contributed by atoms with van der Waals surface area (Å²) in [5, 5.41) is 20.2. The van der Waals surface area contributed by atoms with Gasteiger partial charge in [-0.2, -0.15) is 0 Å². The Morgan fingerprint density at radius 3 is 2.04 bits per heavy atom. The van der Waals surface area contributed by atoms with E-state index in [1.165, 1.54) is 0 Å². The average Bonchev–Trinajstić information content (AvgIpc) is 2.65. The van der Waals surface area contributed by atoms with Crippen molar-refractivity contribution in [2.24, 2.45) is 5.41 Å². The summed E-state index contributed by atoms with van der Waals surface area (Å²) in [6.45, 7) is 1.80. The number of hydrogen-bond acceptors (Lipinski definition) is 2. The molecule has 2 unspecified atom stereocenters. The topological polar surface area (TPSA) is 74.6 Å². The molecule has 1 aliphatic carbocycles. The van der Waals surface area contributed by atoms with Crippen molar-refractivity contribution >= 4 is 11.9 Å². The molecule has 2 atom stereocenters. The standard InChI is InChI=1S/C22H22O4/c1-16-12-13-21(19(23)24,18-10-6-3-7-11-18)15-22(16,20(25)26)14-17-8-4-2-5-9-17/h2-12H,13-15H2,1H3,(H,23,24)(H,25,26). The van der Waals surface area contributed by atoms with E-state index in [2.05, 4.69) is 0 Å². The highest BCUT2D eigenvalue weighted by molar-refractivity contribution is 5.86. The maximum Gasteiger partial charge on any atom is 0.314 e. The SMILES string of the molecule is CC1=CCC(C(=O)O)(c2ccccc2)CC1(Cc1ccccc1)C(=O)O. The van der Waals surface area contributed by atoms with E-state index in [4.69, 9.17) is 0 Å². The lowest BCUT2D eigenvalue weighted by molar-refractivity contribution is -0.152. The summed E-state index contributed by atoms with van der Waals surface area (Å²) < 4.78 is 0. The molecule has 0 bridgehead atoms. The molecule has 4 nitrogen and oxygen atoms in total. The van der Waals surface area contributed by atoms with Crippen molar-refractivity contribution in [3.8, 4) is 0 Å². The van der Waals surface area contributed by atoms with E-state index in [0.29, 0.717) is 12.0 Å². The summed E-state index contributed by atoms with van der Waals surface area (Å²) in [4.78, 5) is 24.7. The van der Waals surface area contributed by atoms with E-state index in [1.807, 2.05) is 36.4 Å². The van der Waals surface area contributed by atoms with E-state index in [0.717, 1.165) is 11.1 Å². The summed E-state index contributed by atoms with van der Waals surface area (Å²) in [5.41, 5.74) is -0.226. The van der Waals surface area contributed by atoms with Gasteiger partial charge in [-0.3, -0.25) is 9.59 Å². The zero-order valence-electron chi connectivity index (χ0n) is 14.7. The number of allylic oxidation sites excluding steroid dienone is 1. The summed E-state index contributed by atoms with van der Waals surface area (Å²) in [7, 11) is 0. The fourth-order valence-corrected chi connectivity index (χ4v) is 3.98. The van der Waals surface area contributed by atoms with E-state index in [9.17, 15) is 19.8 Å². The Labute approximate surface area is 152 Å². The summed E-state index contributed by atoms with van der Waals surface area (Å²) in [6.07, 6.45) is 2.39. The monoisotopic (exact) mass is 350 g/mol. The molecule has 0 fully saturated rings. The minimum absolute atomic E-state index is 0.0336. The first-order valence-electron chi connectivity index (χ1n) is 8.64. The Bertz CT molecular complexity index is 841. The molecule has 2 N–H and O–H groups in total. The normalized spacial score (nSPS) is 25.3. The molecule has 1 aliphatic rings. The Hall–Kier alpha value is -2.88. The third-order valence-electron chi connectivity index (χ3n) is 5.61. The molecule has 2 aromatic carbocycles. The second kappa shape index (κ2) is 6.79. The molecule has 26 heavy (non-hydrogen) atoms. The van der Waals surface area contributed by atoms with Crippen LogP contribution in [0.25, 0.3) is 0 Å². The van der Waals surface area contributed by atoms with E-state index in [-0.39, 0.29) is 12.8 Å². The molecule has 0 saturated carbocycles. The maximum atomic E-state index is 12.4. The van der Waals surface area contributed by atoms with Gasteiger partial charge in [-0.05, 0) is 37.3 Å².